The highest BCUT2D eigenvalue weighted by Crippen LogP contribution is 2.37. The van der Waals surface area contributed by atoms with Crippen molar-refractivity contribution in [2.75, 3.05) is 11.9 Å². The molecule has 0 fully saturated rings. The van der Waals surface area contributed by atoms with Crippen molar-refractivity contribution in [2.24, 2.45) is 5.73 Å². The molecule has 3 heterocycles. The molecule has 3 N–H and O–H groups in total. The fraction of sp³-hybridized carbons (Fsp3) is 0.476. The predicted molar refractivity (Wildman–Crippen MR) is 115 cm³/mol. The summed E-state index contributed by atoms with van der Waals surface area (Å²) in [6, 6.07) is 2.07. The first kappa shape index (κ1) is 20.1. The van der Waals surface area contributed by atoms with Crippen LogP contribution >= 0.6 is 22.7 Å². The standard InChI is InChI=1S/C21H25N3O3S2/c22-20(27)19-14-4-2-1-3-5-16(14)29-21(19)23-17(25)6-7-18(26)24-10-8-15-13(12-24)9-11-28-15/h9,11H,1-8,10,12H2,(H2,22,27)(H,23,25). The largest absolute Gasteiger partial charge is 0.365 e. The van der Waals surface area contributed by atoms with Gasteiger partial charge in [-0.2, -0.15) is 0 Å². The number of hydrogen-bond donors (Lipinski definition) is 2. The molecule has 8 heteroatoms. The minimum absolute atomic E-state index is 0.00548. The zero-order valence-corrected chi connectivity index (χ0v) is 17.9. The van der Waals surface area contributed by atoms with Gasteiger partial charge < -0.3 is 16.0 Å². The molecule has 3 amide bonds. The molecule has 0 radical (unpaired) electrons. The number of primary amides is 1. The molecular weight excluding hydrogens is 406 g/mol. The van der Waals surface area contributed by atoms with Gasteiger partial charge in [0.2, 0.25) is 11.8 Å². The van der Waals surface area contributed by atoms with Gasteiger partial charge in [-0.1, -0.05) is 6.42 Å². The van der Waals surface area contributed by atoms with Crippen LogP contribution in [-0.4, -0.2) is 29.2 Å². The quantitative estimate of drug-likeness (QED) is 0.710. The van der Waals surface area contributed by atoms with Gasteiger partial charge in [-0.3, -0.25) is 14.4 Å². The van der Waals surface area contributed by atoms with Crippen LogP contribution in [-0.2, 0) is 35.4 Å². The first-order valence-electron chi connectivity index (χ1n) is 10.1. The molecule has 0 spiro atoms. The molecule has 1 aliphatic carbocycles. The second kappa shape index (κ2) is 8.67. The van der Waals surface area contributed by atoms with E-state index in [4.69, 9.17) is 5.73 Å². The topological polar surface area (TPSA) is 92.5 Å². The first-order valence-corrected chi connectivity index (χ1v) is 11.8. The molecule has 0 saturated heterocycles. The van der Waals surface area contributed by atoms with E-state index < -0.39 is 5.91 Å². The van der Waals surface area contributed by atoms with Crippen LogP contribution in [0.3, 0.4) is 0 Å². The Morgan fingerprint density at radius 2 is 1.90 bits per heavy atom. The zero-order chi connectivity index (χ0) is 20.4. The van der Waals surface area contributed by atoms with Gasteiger partial charge in [0, 0.05) is 35.7 Å². The van der Waals surface area contributed by atoms with E-state index in [1.807, 2.05) is 4.90 Å². The van der Waals surface area contributed by atoms with Crippen LogP contribution < -0.4 is 11.1 Å². The minimum atomic E-state index is -0.490. The van der Waals surface area contributed by atoms with Gasteiger partial charge in [0.1, 0.15) is 5.00 Å². The van der Waals surface area contributed by atoms with Crippen molar-refractivity contribution in [3.8, 4) is 0 Å². The van der Waals surface area contributed by atoms with Crippen LogP contribution in [0.2, 0.25) is 0 Å². The average molecular weight is 432 g/mol. The molecule has 0 unspecified atom stereocenters. The number of carbonyl (C=O) groups is 3. The van der Waals surface area contributed by atoms with Gasteiger partial charge in [-0.05, 0) is 54.7 Å². The summed E-state index contributed by atoms with van der Waals surface area (Å²) < 4.78 is 0. The summed E-state index contributed by atoms with van der Waals surface area (Å²) in [5.41, 5.74) is 8.30. The summed E-state index contributed by atoms with van der Waals surface area (Å²) in [5.74, 6) is -0.741. The Bertz CT molecular complexity index is 947. The summed E-state index contributed by atoms with van der Waals surface area (Å²) in [4.78, 5) is 41.4. The number of carbonyl (C=O) groups excluding carboxylic acids is 3. The second-order valence-electron chi connectivity index (χ2n) is 7.62. The van der Waals surface area contributed by atoms with Gasteiger partial charge in [0.15, 0.2) is 0 Å². The highest BCUT2D eigenvalue weighted by molar-refractivity contribution is 7.17. The van der Waals surface area contributed by atoms with Crippen LogP contribution in [0.4, 0.5) is 5.00 Å². The Labute approximate surface area is 178 Å². The number of nitrogens with two attached hydrogens (primary N) is 1. The summed E-state index contributed by atoms with van der Waals surface area (Å²) in [6.07, 6.45) is 6.18. The van der Waals surface area contributed by atoms with Gasteiger partial charge >= 0.3 is 0 Å². The minimum Gasteiger partial charge on any atom is -0.365 e. The molecule has 154 valence electrons. The maximum Gasteiger partial charge on any atom is 0.251 e. The molecule has 4 rings (SSSR count). The maximum absolute atomic E-state index is 12.5. The Balaban J connectivity index is 1.36. The van der Waals surface area contributed by atoms with Crippen molar-refractivity contribution < 1.29 is 14.4 Å². The van der Waals surface area contributed by atoms with Crippen molar-refractivity contribution in [1.82, 2.24) is 4.90 Å². The normalized spacial score (nSPS) is 15.9. The smallest absolute Gasteiger partial charge is 0.251 e. The van der Waals surface area contributed by atoms with E-state index in [9.17, 15) is 14.4 Å². The summed E-state index contributed by atoms with van der Waals surface area (Å²) >= 11 is 3.20. The SMILES string of the molecule is NC(=O)c1c(NC(=O)CCC(=O)N2CCc3sccc3C2)sc2c1CCCCC2. The van der Waals surface area contributed by atoms with Gasteiger partial charge in [-0.15, -0.1) is 22.7 Å². The maximum atomic E-state index is 12.5. The van der Waals surface area contributed by atoms with Gasteiger partial charge in [0.25, 0.3) is 5.91 Å². The Kier molecular flexibility index (Phi) is 6.01. The van der Waals surface area contributed by atoms with Gasteiger partial charge in [-0.25, -0.2) is 0 Å². The van der Waals surface area contributed by atoms with Gasteiger partial charge in [0.05, 0.1) is 5.56 Å². The Morgan fingerprint density at radius 3 is 2.72 bits per heavy atom. The number of aryl methyl sites for hydroxylation is 1. The molecular formula is C21H25N3O3S2. The van der Waals surface area contributed by atoms with Crippen LogP contribution in [0.1, 0.15) is 63.3 Å². The van der Waals surface area contributed by atoms with Crippen LogP contribution in [0, 0.1) is 0 Å². The number of thiophene rings is 2. The summed E-state index contributed by atoms with van der Waals surface area (Å²) in [5, 5.41) is 5.45. The predicted octanol–water partition coefficient (Wildman–Crippen LogP) is 3.48. The fourth-order valence-corrected chi connectivity index (χ4v) is 6.32. The Morgan fingerprint density at radius 1 is 1.07 bits per heavy atom. The number of anilines is 1. The van der Waals surface area contributed by atoms with Crippen molar-refractivity contribution in [1.29, 1.82) is 0 Å². The third-order valence-electron chi connectivity index (χ3n) is 5.65. The highest BCUT2D eigenvalue weighted by atomic mass is 32.1. The van der Waals surface area contributed by atoms with E-state index in [0.29, 0.717) is 23.7 Å². The Hall–Kier alpha value is -2.19. The van der Waals surface area contributed by atoms with Crippen LogP contribution in [0.5, 0.6) is 0 Å². The molecule has 0 atom stereocenters. The third-order valence-corrected chi connectivity index (χ3v) is 7.88. The summed E-state index contributed by atoms with van der Waals surface area (Å²) in [7, 11) is 0. The number of nitrogens with one attached hydrogen (secondary N) is 1. The van der Waals surface area contributed by atoms with Crippen LogP contribution in [0.25, 0.3) is 0 Å². The lowest BCUT2D eigenvalue weighted by molar-refractivity contribution is -0.133. The van der Waals surface area contributed by atoms with Crippen molar-refractivity contribution >= 4 is 45.4 Å². The van der Waals surface area contributed by atoms with Crippen molar-refractivity contribution in [3.05, 3.63) is 37.9 Å². The lowest BCUT2D eigenvalue weighted by Gasteiger charge is -2.27. The third kappa shape index (κ3) is 4.38. The lowest BCUT2D eigenvalue weighted by atomic mass is 10.1. The molecule has 2 aliphatic rings. The average Bonchev–Trinajstić information content (AvgIpc) is 3.23. The number of nitrogens with zero attached hydrogens (tertiary/aromatic N) is 1. The van der Waals surface area contributed by atoms with Crippen molar-refractivity contribution in [2.45, 2.75) is 57.9 Å². The highest BCUT2D eigenvalue weighted by Gasteiger charge is 2.25. The molecule has 1 aliphatic heterocycles. The molecule has 2 aromatic heterocycles. The van der Waals surface area contributed by atoms with E-state index >= 15 is 0 Å². The molecule has 0 bridgehead atoms. The fourth-order valence-electron chi connectivity index (χ4n) is 4.12. The first-order chi connectivity index (χ1) is 14.0. The van der Waals surface area contributed by atoms with Crippen molar-refractivity contribution in [3.63, 3.8) is 0 Å². The van der Waals surface area contributed by atoms with E-state index in [1.54, 1.807) is 11.3 Å². The number of fused-ring (bicyclic) bond motifs is 2. The zero-order valence-electron chi connectivity index (χ0n) is 16.3. The van der Waals surface area contributed by atoms with E-state index in [2.05, 4.69) is 16.8 Å². The number of hydrogen-bond acceptors (Lipinski definition) is 5. The molecule has 0 aromatic carbocycles. The van der Waals surface area contributed by atoms with E-state index in [-0.39, 0.29) is 24.7 Å². The molecule has 0 saturated carbocycles. The van der Waals surface area contributed by atoms with E-state index in [1.165, 1.54) is 21.8 Å². The molecule has 29 heavy (non-hydrogen) atoms. The monoisotopic (exact) mass is 431 g/mol. The number of amides is 3. The second-order valence-corrected chi connectivity index (χ2v) is 9.72. The molecule has 2 aromatic rings. The lowest BCUT2D eigenvalue weighted by Crippen LogP contribution is -2.35. The van der Waals surface area contributed by atoms with Crippen LogP contribution in [0.15, 0.2) is 11.4 Å². The summed E-state index contributed by atoms with van der Waals surface area (Å²) in [6.45, 7) is 1.33. The number of rotatable bonds is 5. The van der Waals surface area contributed by atoms with E-state index in [0.717, 1.165) is 49.0 Å². The molecule has 6 nitrogen and oxygen atoms in total.